The summed E-state index contributed by atoms with van der Waals surface area (Å²) in [6.07, 6.45) is 0. The minimum Gasteiger partial charge on any atom is -0.478 e. The zero-order valence-corrected chi connectivity index (χ0v) is 8.16. The summed E-state index contributed by atoms with van der Waals surface area (Å²) in [7, 11) is 0. The van der Waals surface area contributed by atoms with Crippen molar-refractivity contribution in [2.45, 2.75) is 6.61 Å². The van der Waals surface area contributed by atoms with Crippen molar-refractivity contribution in [2.24, 2.45) is 0 Å². The highest BCUT2D eigenvalue weighted by Gasteiger charge is 2.11. The predicted octanol–water partition coefficient (Wildman–Crippen LogP) is 2.14. The molecular formula is C7H4BrF2NO3. The van der Waals surface area contributed by atoms with Crippen LogP contribution in [0.1, 0.15) is 10.4 Å². The molecule has 7 heteroatoms. The number of nitrogens with zero attached hydrogens (tertiary/aromatic N) is 1. The van der Waals surface area contributed by atoms with Crippen LogP contribution in [0.3, 0.4) is 0 Å². The lowest BCUT2D eigenvalue weighted by atomic mass is 10.3. The molecule has 0 unspecified atom stereocenters. The molecule has 0 fully saturated rings. The third-order valence-corrected chi connectivity index (χ3v) is 1.63. The minimum absolute atomic E-state index is 0.119. The van der Waals surface area contributed by atoms with Crippen LogP contribution in [-0.2, 0) is 0 Å². The molecule has 0 saturated carbocycles. The third kappa shape index (κ3) is 2.91. The molecule has 0 aliphatic heterocycles. The molecule has 1 aromatic rings. The van der Waals surface area contributed by atoms with Crippen molar-refractivity contribution in [3.63, 3.8) is 0 Å². The lowest BCUT2D eigenvalue weighted by Crippen LogP contribution is -2.05. The van der Waals surface area contributed by atoms with E-state index < -0.39 is 18.5 Å². The number of pyridine rings is 1. The van der Waals surface area contributed by atoms with Crippen molar-refractivity contribution in [3.8, 4) is 5.88 Å². The molecule has 0 saturated heterocycles. The van der Waals surface area contributed by atoms with Gasteiger partial charge in [0.25, 0.3) is 0 Å². The zero-order valence-electron chi connectivity index (χ0n) is 6.58. The van der Waals surface area contributed by atoms with Crippen LogP contribution in [0.4, 0.5) is 8.78 Å². The van der Waals surface area contributed by atoms with E-state index in [0.29, 0.717) is 0 Å². The van der Waals surface area contributed by atoms with Crippen LogP contribution in [0, 0.1) is 0 Å². The van der Waals surface area contributed by atoms with Crippen molar-refractivity contribution < 1.29 is 23.4 Å². The first-order valence-electron chi connectivity index (χ1n) is 3.34. The second-order valence-corrected chi connectivity index (χ2v) is 3.01. The van der Waals surface area contributed by atoms with E-state index in [1.54, 1.807) is 0 Å². The van der Waals surface area contributed by atoms with Gasteiger partial charge in [0, 0.05) is 6.07 Å². The average Bonchev–Trinajstić information content (AvgIpc) is 2.01. The van der Waals surface area contributed by atoms with Gasteiger partial charge in [-0.05, 0) is 22.0 Å². The number of carboxylic acid groups (broad SMARTS) is 1. The third-order valence-electron chi connectivity index (χ3n) is 1.23. The fourth-order valence-corrected chi connectivity index (χ4v) is 1.17. The van der Waals surface area contributed by atoms with Gasteiger partial charge in [0.1, 0.15) is 4.60 Å². The molecule has 1 N–H and O–H groups in total. The van der Waals surface area contributed by atoms with Crippen LogP contribution in [0.2, 0.25) is 0 Å². The highest BCUT2D eigenvalue weighted by atomic mass is 79.9. The van der Waals surface area contributed by atoms with E-state index in [1.807, 2.05) is 0 Å². The van der Waals surface area contributed by atoms with Crippen molar-refractivity contribution in [2.75, 3.05) is 0 Å². The number of aromatic carboxylic acids is 1. The molecule has 0 bridgehead atoms. The SMILES string of the molecule is O=C(O)c1cc(Br)nc(OC(F)F)c1. The van der Waals surface area contributed by atoms with E-state index >= 15 is 0 Å². The summed E-state index contributed by atoms with van der Waals surface area (Å²) in [5.74, 6) is -1.68. The molecule has 0 aliphatic rings. The molecule has 1 heterocycles. The van der Waals surface area contributed by atoms with Gasteiger partial charge in [0.05, 0.1) is 5.56 Å². The number of halogens is 3. The molecule has 0 spiro atoms. The topological polar surface area (TPSA) is 59.4 Å². The van der Waals surface area contributed by atoms with Gasteiger partial charge in [-0.3, -0.25) is 0 Å². The maximum absolute atomic E-state index is 11.8. The number of rotatable bonds is 3. The van der Waals surface area contributed by atoms with E-state index in [2.05, 4.69) is 25.7 Å². The lowest BCUT2D eigenvalue weighted by molar-refractivity contribution is -0.0530. The highest BCUT2D eigenvalue weighted by Crippen LogP contribution is 2.18. The molecule has 0 atom stereocenters. The standard InChI is InChI=1S/C7H4BrF2NO3/c8-4-1-3(6(12)13)2-5(11-4)14-7(9)10/h1-2,7H,(H,12,13). The van der Waals surface area contributed by atoms with Crippen molar-refractivity contribution >= 4 is 21.9 Å². The second kappa shape index (κ2) is 4.32. The summed E-state index contributed by atoms with van der Waals surface area (Å²) in [5, 5.41) is 8.58. The summed E-state index contributed by atoms with van der Waals surface area (Å²) in [6.45, 7) is -3.03. The van der Waals surface area contributed by atoms with Gasteiger partial charge in [0.2, 0.25) is 5.88 Å². The van der Waals surface area contributed by atoms with E-state index in [9.17, 15) is 13.6 Å². The van der Waals surface area contributed by atoms with E-state index in [1.165, 1.54) is 6.07 Å². The van der Waals surface area contributed by atoms with Gasteiger partial charge in [-0.25, -0.2) is 9.78 Å². The molecular weight excluding hydrogens is 264 g/mol. The molecule has 4 nitrogen and oxygen atoms in total. The Morgan fingerprint density at radius 2 is 2.21 bits per heavy atom. The van der Waals surface area contributed by atoms with Gasteiger partial charge < -0.3 is 9.84 Å². The van der Waals surface area contributed by atoms with E-state index in [4.69, 9.17) is 5.11 Å². The van der Waals surface area contributed by atoms with E-state index in [-0.39, 0.29) is 10.2 Å². The lowest BCUT2D eigenvalue weighted by Gasteiger charge is -2.04. The number of carboxylic acids is 1. The number of hydrogen-bond donors (Lipinski definition) is 1. The van der Waals surface area contributed by atoms with Gasteiger partial charge in [-0.15, -0.1) is 0 Å². The summed E-state index contributed by atoms with van der Waals surface area (Å²) < 4.78 is 27.6. The largest absolute Gasteiger partial charge is 0.478 e. The predicted molar refractivity (Wildman–Crippen MR) is 45.5 cm³/mol. The zero-order chi connectivity index (χ0) is 10.7. The van der Waals surface area contributed by atoms with Crippen LogP contribution >= 0.6 is 15.9 Å². The minimum atomic E-state index is -3.03. The number of hydrogen-bond acceptors (Lipinski definition) is 3. The molecule has 0 aliphatic carbocycles. The Labute approximate surface area is 85.6 Å². The van der Waals surface area contributed by atoms with Gasteiger partial charge in [-0.1, -0.05) is 0 Å². The Bertz CT molecular complexity index is 359. The van der Waals surface area contributed by atoms with E-state index in [0.717, 1.165) is 6.07 Å². The second-order valence-electron chi connectivity index (χ2n) is 2.20. The molecule has 1 aromatic heterocycles. The Kier molecular flexibility index (Phi) is 3.34. The first-order valence-corrected chi connectivity index (χ1v) is 4.14. The first kappa shape index (κ1) is 10.8. The molecule has 0 radical (unpaired) electrons. The number of carbonyl (C=O) groups is 1. The fourth-order valence-electron chi connectivity index (χ4n) is 0.748. The summed E-state index contributed by atoms with van der Waals surface area (Å²) in [6, 6.07) is 2.10. The number of ether oxygens (including phenoxy) is 1. The summed E-state index contributed by atoms with van der Waals surface area (Å²) >= 11 is 2.87. The maximum Gasteiger partial charge on any atom is 0.388 e. The summed E-state index contributed by atoms with van der Waals surface area (Å²) in [4.78, 5) is 14.0. The van der Waals surface area contributed by atoms with Gasteiger partial charge >= 0.3 is 12.6 Å². The number of alkyl halides is 2. The van der Waals surface area contributed by atoms with Gasteiger partial charge in [0.15, 0.2) is 0 Å². The normalized spacial score (nSPS) is 10.3. The Balaban J connectivity index is 3.01. The Morgan fingerprint density at radius 3 is 2.71 bits per heavy atom. The monoisotopic (exact) mass is 267 g/mol. The van der Waals surface area contributed by atoms with Crippen molar-refractivity contribution in [3.05, 3.63) is 22.3 Å². The van der Waals surface area contributed by atoms with Crippen molar-refractivity contribution in [1.29, 1.82) is 0 Å². The molecule has 0 amide bonds. The van der Waals surface area contributed by atoms with Crippen LogP contribution < -0.4 is 4.74 Å². The molecule has 0 aromatic carbocycles. The average molecular weight is 268 g/mol. The summed E-state index contributed by atoms with van der Waals surface area (Å²) in [5.41, 5.74) is -0.178. The van der Waals surface area contributed by atoms with Gasteiger partial charge in [-0.2, -0.15) is 8.78 Å². The molecule has 14 heavy (non-hydrogen) atoms. The molecule has 1 rings (SSSR count). The molecule has 76 valence electrons. The Hall–Kier alpha value is -1.24. The first-order chi connectivity index (χ1) is 6.49. The van der Waals surface area contributed by atoms with Crippen LogP contribution in [0.5, 0.6) is 5.88 Å². The van der Waals surface area contributed by atoms with Crippen LogP contribution in [-0.4, -0.2) is 22.7 Å². The van der Waals surface area contributed by atoms with Crippen molar-refractivity contribution in [1.82, 2.24) is 4.98 Å². The van der Waals surface area contributed by atoms with Crippen LogP contribution in [0.15, 0.2) is 16.7 Å². The maximum atomic E-state index is 11.8. The fraction of sp³-hybridized carbons (Fsp3) is 0.143. The highest BCUT2D eigenvalue weighted by molar-refractivity contribution is 9.10. The smallest absolute Gasteiger partial charge is 0.388 e. The van der Waals surface area contributed by atoms with Crippen LogP contribution in [0.25, 0.3) is 0 Å². The Morgan fingerprint density at radius 1 is 1.57 bits per heavy atom. The quantitative estimate of drug-likeness (QED) is 0.853. The number of aromatic nitrogens is 1.